The van der Waals surface area contributed by atoms with Crippen molar-refractivity contribution in [3.63, 3.8) is 0 Å². The minimum atomic E-state index is -4.11. The van der Waals surface area contributed by atoms with Crippen molar-refractivity contribution in [3.05, 3.63) is 35.9 Å². The smallest absolute Gasteiger partial charge is 0.266 e. The average Bonchev–Trinajstić information content (AvgIpc) is 2.27. The average molecular weight is 271 g/mol. The molecule has 0 aliphatic rings. The Morgan fingerprint density at radius 2 is 1.83 bits per heavy atom. The standard InChI is InChI=1S/C12H17NO4S/c1-9(2)11(8-18(15,16)17)13-12(14)10-6-4-3-5-7-10/h3-7,9,11H,8H2,1-2H3,(H,13,14)(H,15,16,17)/t11-/m1/s1. The van der Waals surface area contributed by atoms with E-state index in [0.717, 1.165) is 0 Å². The zero-order chi connectivity index (χ0) is 13.8. The molecule has 2 N–H and O–H groups in total. The fourth-order valence-electron chi connectivity index (χ4n) is 1.47. The van der Waals surface area contributed by atoms with E-state index in [0.29, 0.717) is 5.56 Å². The number of hydrogen-bond acceptors (Lipinski definition) is 3. The Morgan fingerprint density at radius 1 is 1.28 bits per heavy atom. The summed E-state index contributed by atoms with van der Waals surface area (Å²) >= 11 is 0. The van der Waals surface area contributed by atoms with E-state index in [4.69, 9.17) is 4.55 Å². The van der Waals surface area contributed by atoms with E-state index in [1.54, 1.807) is 44.2 Å². The molecule has 0 heterocycles. The molecule has 18 heavy (non-hydrogen) atoms. The molecule has 1 aromatic carbocycles. The highest BCUT2D eigenvalue weighted by molar-refractivity contribution is 7.85. The van der Waals surface area contributed by atoms with E-state index in [1.807, 2.05) is 0 Å². The van der Waals surface area contributed by atoms with E-state index in [1.165, 1.54) is 0 Å². The van der Waals surface area contributed by atoms with Gasteiger partial charge in [-0.25, -0.2) is 0 Å². The van der Waals surface area contributed by atoms with Gasteiger partial charge in [-0.15, -0.1) is 0 Å². The Balaban J connectivity index is 2.76. The van der Waals surface area contributed by atoms with Gasteiger partial charge in [0.25, 0.3) is 16.0 Å². The van der Waals surface area contributed by atoms with Crippen LogP contribution in [0.2, 0.25) is 0 Å². The van der Waals surface area contributed by atoms with E-state index in [9.17, 15) is 13.2 Å². The van der Waals surface area contributed by atoms with Gasteiger partial charge >= 0.3 is 0 Å². The van der Waals surface area contributed by atoms with Gasteiger partial charge in [-0.05, 0) is 18.1 Å². The molecular formula is C12H17NO4S. The molecule has 0 fully saturated rings. The maximum absolute atomic E-state index is 11.9. The van der Waals surface area contributed by atoms with Gasteiger partial charge < -0.3 is 5.32 Å². The van der Waals surface area contributed by atoms with Gasteiger partial charge in [-0.3, -0.25) is 9.35 Å². The minimum absolute atomic E-state index is 0.0976. The molecule has 1 atom stereocenters. The Bertz CT molecular complexity index is 496. The molecule has 0 spiro atoms. The Hall–Kier alpha value is -1.40. The molecule has 1 amide bonds. The van der Waals surface area contributed by atoms with E-state index < -0.39 is 21.9 Å². The zero-order valence-electron chi connectivity index (χ0n) is 10.3. The number of carbonyl (C=O) groups excluding carboxylic acids is 1. The van der Waals surface area contributed by atoms with Crippen molar-refractivity contribution < 1.29 is 17.8 Å². The first kappa shape index (κ1) is 14.7. The molecule has 100 valence electrons. The summed E-state index contributed by atoms with van der Waals surface area (Å²) in [5.41, 5.74) is 0.457. The van der Waals surface area contributed by atoms with Crippen LogP contribution in [0.1, 0.15) is 24.2 Å². The quantitative estimate of drug-likeness (QED) is 0.791. The second-order valence-corrected chi connectivity index (χ2v) is 5.94. The molecule has 0 aliphatic heterocycles. The van der Waals surface area contributed by atoms with Crippen molar-refractivity contribution in [2.24, 2.45) is 5.92 Å². The van der Waals surface area contributed by atoms with Gasteiger partial charge in [0, 0.05) is 11.6 Å². The molecule has 0 aliphatic carbocycles. The highest BCUT2D eigenvalue weighted by Crippen LogP contribution is 2.07. The Kier molecular flexibility index (Phi) is 4.86. The molecule has 0 radical (unpaired) electrons. The summed E-state index contributed by atoms with van der Waals surface area (Å²) in [6, 6.07) is 7.90. The van der Waals surface area contributed by atoms with Crippen LogP contribution in [0, 0.1) is 5.92 Å². The first-order valence-corrected chi connectivity index (χ1v) is 7.21. The highest BCUT2D eigenvalue weighted by atomic mass is 32.2. The third kappa shape index (κ3) is 4.85. The lowest BCUT2D eigenvalue weighted by molar-refractivity contribution is 0.0931. The van der Waals surface area contributed by atoms with Gasteiger partial charge in [-0.2, -0.15) is 8.42 Å². The summed E-state index contributed by atoms with van der Waals surface area (Å²) in [7, 11) is -4.11. The SMILES string of the molecule is CC(C)[C@@H](CS(=O)(=O)O)NC(=O)c1ccccc1. The number of amides is 1. The van der Waals surface area contributed by atoms with Crippen molar-refractivity contribution in [2.45, 2.75) is 19.9 Å². The van der Waals surface area contributed by atoms with Crippen LogP contribution in [0.5, 0.6) is 0 Å². The normalized spacial score (nSPS) is 13.3. The summed E-state index contributed by atoms with van der Waals surface area (Å²) in [5.74, 6) is -0.930. The number of rotatable bonds is 5. The van der Waals surface area contributed by atoms with Gasteiger partial charge in [0.15, 0.2) is 0 Å². The molecular weight excluding hydrogens is 254 g/mol. The lowest BCUT2D eigenvalue weighted by atomic mass is 10.1. The maximum Gasteiger partial charge on any atom is 0.266 e. The van der Waals surface area contributed by atoms with Crippen molar-refractivity contribution in [1.29, 1.82) is 0 Å². The second kappa shape index (κ2) is 5.97. The summed E-state index contributed by atoms with van der Waals surface area (Å²) in [6.45, 7) is 3.56. The summed E-state index contributed by atoms with van der Waals surface area (Å²) in [4.78, 5) is 11.9. The van der Waals surface area contributed by atoms with Crippen LogP contribution >= 0.6 is 0 Å². The zero-order valence-corrected chi connectivity index (χ0v) is 11.1. The molecule has 0 bridgehead atoms. The van der Waals surface area contributed by atoms with Crippen LogP contribution in [0.4, 0.5) is 0 Å². The third-order valence-electron chi connectivity index (χ3n) is 2.55. The van der Waals surface area contributed by atoms with Crippen LogP contribution in [-0.2, 0) is 10.1 Å². The fourth-order valence-corrected chi connectivity index (χ4v) is 2.39. The van der Waals surface area contributed by atoms with Crippen molar-refractivity contribution in [2.75, 3.05) is 5.75 Å². The van der Waals surface area contributed by atoms with Gasteiger partial charge in [0.05, 0.1) is 5.75 Å². The number of hydrogen-bond donors (Lipinski definition) is 2. The Morgan fingerprint density at radius 3 is 2.28 bits per heavy atom. The first-order chi connectivity index (χ1) is 8.29. The maximum atomic E-state index is 11.9. The molecule has 0 saturated carbocycles. The highest BCUT2D eigenvalue weighted by Gasteiger charge is 2.22. The monoisotopic (exact) mass is 271 g/mol. The molecule has 0 unspecified atom stereocenters. The predicted molar refractivity (Wildman–Crippen MR) is 68.9 cm³/mol. The number of nitrogens with one attached hydrogen (secondary N) is 1. The molecule has 1 rings (SSSR count). The molecule has 5 nitrogen and oxygen atoms in total. The third-order valence-corrected chi connectivity index (χ3v) is 3.33. The molecule has 1 aromatic rings. The number of benzene rings is 1. The summed E-state index contributed by atoms with van der Waals surface area (Å²) in [6.07, 6.45) is 0. The van der Waals surface area contributed by atoms with Crippen molar-refractivity contribution in [3.8, 4) is 0 Å². The van der Waals surface area contributed by atoms with E-state index in [2.05, 4.69) is 5.32 Å². The lowest BCUT2D eigenvalue weighted by Gasteiger charge is -2.20. The number of carbonyl (C=O) groups is 1. The van der Waals surface area contributed by atoms with Crippen LogP contribution in [0.25, 0.3) is 0 Å². The first-order valence-electron chi connectivity index (χ1n) is 5.60. The van der Waals surface area contributed by atoms with Crippen molar-refractivity contribution >= 4 is 16.0 Å². The van der Waals surface area contributed by atoms with E-state index >= 15 is 0 Å². The Labute approximate surface area is 107 Å². The van der Waals surface area contributed by atoms with Gasteiger partial charge in [-0.1, -0.05) is 32.0 Å². The molecule has 6 heteroatoms. The topological polar surface area (TPSA) is 83.5 Å². The predicted octanol–water partition coefficient (Wildman–Crippen LogP) is 1.33. The van der Waals surface area contributed by atoms with E-state index in [-0.39, 0.29) is 11.8 Å². The van der Waals surface area contributed by atoms with Crippen LogP contribution in [0.3, 0.4) is 0 Å². The lowest BCUT2D eigenvalue weighted by Crippen LogP contribution is -2.43. The van der Waals surface area contributed by atoms with Gasteiger partial charge in [0.1, 0.15) is 0 Å². The minimum Gasteiger partial charge on any atom is -0.348 e. The van der Waals surface area contributed by atoms with Crippen molar-refractivity contribution in [1.82, 2.24) is 5.32 Å². The largest absolute Gasteiger partial charge is 0.348 e. The molecule has 0 saturated heterocycles. The van der Waals surface area contributed by atoms with Crippen LogP contribution in [-0.4, -0.2) is 30.7 Å². The summed E-state index contributed by atoms with van der Waals surface area (Å²) in [5, 5.41) is 2.61. The summed E-state index contributed by atoms with van der Waals surface area (Å²) < 4.78 is 30.6. The van der Waals surface area contributed by atoms with Crippen LogP contribution in [0.15, 0.2) is 30.3 Å². The fraction of sp³-hybridized carbons (Fsp3) is 0.417. The van der Waals surface area contributed by atoms with Gasteiger partial charge in [0.2, 0.25) is 0 Å². The second-order valence-electron chi connectivity index (χ2n) is 4.44. The van der Waals surface area contributed by atoms with Crippen LogP contribution < -0.4 is 5.32 Å². The molecule has 0 aromatic heterocycles.